The second-order valence-corrected chi connectivity index (χ2v) is 13.4. The van der Waals surface area contributed by atoms with E-state index >= 15 is 0 Å². The van der Waals surface area contributed by atoms with Crippen LogP contribution < -0.4 is 24.9 Å². The fourth-order valence-electron chi connectivity index (χ4n) is 5.28. The van der Waals surface area contributed by atoms with Crippen LogP contribution in [0.2, 0.25) is 5.02 Å². The molecule has 1 fully saturated rings. The van der Waals surface area contributed by atoms with Crippen LogP contribution in [0, 0.1) is 5.92 Å². The summed E-state index contributed by atoms with van der Waals surface area (Å²) < 4.78 is 13.2. The van der Waals surface area contributed by atoms with Gasteiger partial charge in [-0.3, -0.25) is 9.69 Å². The second kappa shape index (κ2) is 24.4. The molecule has 8 nitrogen and oxygen atoms in total. The van der Waals surface area contributed by atoms with Crippen LogP contribution in [0.1, 0.15) is 107 Å². The van der Waals surface area contributed by atoms with Crippen molar-refractivity contribution in [2.24, 2.45) is 5.92 Å². The number of hydrogen-bond acceptors (Lipinski definition) is 6. The lowest BCUT2D eigenvalue weighted by Crippen LogP contribution is -2.56. The van der Waals surface area contributed by atoms with Gasteiger partial charge in [-0.15, -0.1) is 0 Å². The number of nitrogens with zero attached hydrogens (tertiary/aromatic N) is 3. The predicted molar refractivity (Wildman–Crippen MR) is 207 cm³/mol. The largest absolute Gasteiger partial charge is 0.493 e. The molecule has 278 valence electrons. The molecular formula is C40H66ClN3O5. The van der Waals surface area contributed by atoms with Crippen LogP contribution >= 0.6 is 11.6 Å². The summed E-state index contributed by atoms with van der Waals surface area (Å²) >= 11 is 6.34. The predicted octanol–water partition coefficient (Wildman–Crippen LogP) is 7.54. The van der Waals surface area contributed by atoms with Crippen molar-refractivity contribution in [3.05, 3.63) is 52.1 Å². The van der Waals surface area contributed by atoms with Gasteiger partial charge in [0, 0.05) is 54.6 Å². The minimum Gasteiger partial charge on any atom is -0.493 e. The van der Waals surface area contributed by atoms with Crippen LogP contribution in [0.3, 0.4) is 0 Å². The van der Waals surface area contributed by atoms with Crippen LogP contribution in [-0.2, 0) is 11.3 Å². The van der Waals surface area contributed by atoms with Crippen molar-refractivity contribution in [3.8, 4) is 11.5 Å². The van der Waals surface area contributed by atoms with E-state index in [2.05, 4.69) is 48.1 Å². The van der Waals surface area contributed by atoms with Crippen LogP contribution in [0.5, 0.6) is 11.5 Å². The van der Waals surface area contributed by atoms with E-state index < -0.39 is 6.23 Å². The second-order valence-electron chi connectivity index (χ2n) is 13.0. The van der Waals surface area contributed by atoms with Gasteiger partial charge in [0.05, 0.1) is 31.4 Å². The molecule has 1 aromatic heterocycles. The van der Waals surface area contributed by atoms with Gasteiger partial charge in [0.25, 0.3) is 0 Å². The first-order chi connectivity index (χ1) is 23.4. The van der Waals surface area contributed by atoms with Gasteiger partial charge < -0.3 is 29.2 Å². The third-order valence-corrected chi connectivity index (χ3v) is 8.33. The highest BCUT2D eigenvalue weighted by Crippen LogP contribution is 2.33. The Hall–Kier alpha value is -2.78. The van der Waals surface area contributed by atoms with Gasteiger partial charge in [0.2, 0.25) is 5.91 Å². The third-order valence-electron chi connectivity index (χ3n) is 8.04. The van der Waals surface area contributed by atoms with E-state index in [1.165, 1.54) is 6.42 Å². The summed E-state index contributed by atoms with van der Waals surface area (Å²) in [5.41, 5.74) is 2.03. The Morgan fingerprint density at radius 2 is 1.80 bits per heavy atom. The molecule has 0 aliphatic carbocycles. The number of halogens is 1. The maximum atomic E-state index is 12.6. The molecule has 2 heterocycles. The number of unbranched alkanes of at least 4 members (excludes halogenated alkanes) is 2. The van der Waals surface area contributed by atoms with E-state index in [-0.39, 0.29) is 12.0 Å². The molecule has 1 unspecified atom stereocenters. The van der Waals surface area contributed by atoms with Crippen molar-refractivity contribution in [3.63, 3.8) is 0 Å². The van der Waals surface area contributed by atoms with E-state index in [1.807, 2.05) is 64.8 Å². The normalized spacial score (nSPS) is 14.4. The molecule has 1 atom stereocenters. The average Bonchev–Trinajstić information content (AvgIpc) is 3.32. The van der Waals surface area contributed by atoms with Crippen molar-refractivity contribution in [2.75, 3.05) is 38.3 Å². The highest BCUT2D eigenvalue weighted by atomic mass is 35.5. The number of carbonyl (C=O) groups is 1. The summed E-state index contributed by atoms with van der Waals surface area (Å²) in [6, 6.07) is 5.79. The molecule has 1 aromatic carbocycles. The molecule has 0 saturated carbocycles. The van der Waals surface area contributed by atoms with E-state index in [0.717, 1.165) is 72.6 Å². The standard InChI is InChI=1S/C21H35NO3.C16H23ClN2O2.C3H8/c1-6-8-9-15-25-20-16-18(11-12-19(20)24-5)22(14-13-17(3)4)21(23)10-7-2;1-4-6-12(5-2)16-11(3)18(9-14(16)17)10-15(21)19-7-13(20)8-19;1-3-2/h11-12,16-17H,6-10,13-15H2,1-5H3;4,6,9,13,15,20-21H,3,5,7-8,10H2,1-2H3;3H2,1-2H3/b;6-4-,16-12+;. The van der Waals surface area contributed by atoms with Crippen LogP contribution in [0.25, 0.3) is 12.2 Å². The zero-order valence-electron chi connectivity index (χ0n) is 31.9. The van der Waals surface area contributed by atoms with Gasteiger partial charge in [-0.1, -0.05) is 98.1 Å². The average molecular weight is 704 g/mol. The molecule has 1 saturated heterocycles. The van der Waals surface area contributed by atoms with Crippen molar-refractivity contribution < 1.29 is 24.5 Å². The fraction of sp³-hybridized carbons (Fsp3) is 0.625. The number of aliphatic hydroxyl groups is 2. The number of aromatic nitrogens is 1. The number of aliphatic hydroxyl groups excluding tert-OH is 2. The Bertz CT molecular complexity index is 1370. The number of benzene rings is 1. The molecule has 0 bridgehead atoms. The molecule has 9 heteroatoms. The van der Waals surface area contributed by atoms with Gasteiger partial charge in [-0.2, -0.15) is 0 Å². The van der Waals surface area contributed by atoms with Crippen molar-refractivity contribution in [1.82, 2.24) is 9.47 Å². The Morgan fingerprint density at radius 3 is 2.33 bits per heavy atom. The first-order valence-corrected chi connectivity index (χ1v) is 18.7. The molecule has 1 aliphatic rings. The molecule has 1 amide bonds. The number of allylic oxidation sites excluding steroid dienone is 2. The minimum absolute atomic E-state index is 0.172. The number of carbonyl (C=O) groups excluding carboxylic acids is 1. The number of hydrogen-bond donors (Lipinski definition) is 2. The van der Waals surface area contributed by atoms with Gasteiger partial charge in [0.15, 0.2) is 11.5 Å². The van der Waals surface area contributed by atoms with Gasteiger partial charge in [-0.25, -0.2) is 0 Å². The van der Waals surface area contributed by atoms with Crippen molar-refractivity contribution in [2.45, 2.75) is 126 Å². The van der Waals surface area contributed by atoms with Crippen molar-refractivity contribution in [1.29, 1.82) is 0 Å². The Morgan fingerprint density at radius 1 is 1.12 bits per heavy atom. The number of ether oxygens (including phenoxy) is 2. The zero-order chi connectivity index (χ0) is 36.9. The number of amides is 1. The van der Waals surface area contributed by atoms with E-state index in [0.29, 0.717) is 49.4 Å². The highest BCUT2D eigenvalue weighted by Gasteiger charge is 2.30. The number of β-amino-alcohol motifs (C(OH)–C–C–N with tert-alkyl or cyclic N) is 1. The molecular weight excluding hydrogens is 638 g/mol. The Balaban J connectivity index is 0.000000458. The van der Waals surface area contributed by atoms with Gasteiger partial charge in [-0.05, 0) is 56.2 Å². The van der Waals surface area contributed by atoms with Crippen LogP contribution in [-0.4, -0.2) is 71.3 Å². The summed E-state index contributed by atoms with van der Waals surface area (Å²) in [7, 11) is 1.65. The third kappa shape index (κ3) is 14.9. The van der Waals surface area contributed by atoms with E-state index in [1.54, 1.807) is 7.11 Å². The smallest absolute Gasteiger partial charge is 0.226 e. The topological polar surface area (TPSA) is 87.4 Å². The number of methoxy groups -OCH3 is 1. The first kappa shape index (κ1) is 44.2. The van der Waals surface area contributed by atoms with Crippen LogP contribution in [0.4, 0.5) is 5.69 Å². The summed E-state index contributed by atoms with van der Waals surface area (Å²) in [4.78, 5) is 16.3. The molecule has 2 aromatic rings. The van der Waals surface area contributed by atoms with Crippen LogP contribution in [0.15, 0.2) is 36.5 Å². The fourth-order valence-corrected chi connectivity index (χ4v) is 5.63. The van der Waals surface area contributed by atoms with Crippen molar-refractivity contribution >= 4 is 35.3 Å². The quantitative estimate of drug-likeness (QED) is 0.166. The highest BCUT2D eigenvalue weighted by molar-refractivity contribution is 6.30. The summed E-state index contributed by atoms with van der Waals surface area (Å²) in [5.74, 6) is 2.16. The number of rotatable bonds is 17. The SMILES string of the molecule is C=c1/c(=C(\C=C/C)CC)c(Cl)cn1CC(O)N1CC(O)C1.CCC.CCCCCOc1cc(N(CCC(C)C)C(=O)CCC)ccc1OC. The molecule has 0 radical (unpaired) electrons. The van der Waals surface area contributed by atoms with Gasteiger partial charge >= 0.3 is 0 Å². The molecule has 2 N–H and O–H groups in total. The van der Waals surface area contributed by atoms with E-state index in [9.17, 15) is 15.0 Å². The lowest BCUT2D eigenvalue weighted by Gasteiger charge is -2.39. The summed E-state index contributed by atoms with van der Waals surface area (Å²) in [6.45, 7) is 23.8. The van der Waals surface area contributed by atoms with E-state index in [4.69, 9.17) is 21.1 Å². The lowest BCUT2D eigenvalue weighted by atomic mass is 10.1. The first-order valence-electron chi connectivity index (χ1n) is 18.3. The molecule has 49 heavy (non-hydrogen) atoms. The summed E-state index contributed by atoms with van der Waals surface area (Å²) in [5, 5.41) is 21.9. The lowest BCUT2D eigenvalue weighted by molar-refractivity contribution is -0.118. The number of anilines is 1. The summed E-state index contributed by atoms with van der Waals surface area (Å²) in [6.07, 6.45) is 12.8. The monoisotopic (exact) mass is 703 g/mol. The minimum atomic E-state index is -0.628. The Labute approximate surface area is 302 Å². The Kier molecular flexibility index (Phi) is 22.0. The molecule has 1 aliphatic heterocycles. The molecule has 0 spiro atoms. The maximum absolute atomic E-state index is 12.6. The number of likely N-dealkylation sites (tertiary alicyclic amines) is 1. The van der Waals surface area contributed by atoms with Gasteiger partial charge in [0.1, 0.15) is 6.23 Å². The maximum Gasteiger partial charge on any atom is 0.226 e. The molecule has 3 rings (SSSR count). The zero-order valence-corrected chi connectivity index (χ0v) is 32.7.